The molecule has 0 saturated heterocycles. The van der Waals surface area contributed by atoms with Gasteiger partial charge < -0.3 is 4.74 Å². The quantitative estimate of drug-likeness (QED) is 0.443. The van der Waals surface area contributed by atoms with Gasteiger partial charge in [-0.3, -0.25) is 4.79 Å². The van der Waals surface area contributed by atoms with E-state index < -0.39 is 0 Å². The standard InChI is InChI=1S/C19H18O2/c1-3-14-21-18-11-6-16(7-12-18)8-13-19(20)17-9-4-15(2)5-10-17/h3-13H,1,14H2,2H3. The minimum atomic E-state index is 0.00184. The maximum Gasteiger partial charge on any atom is 0.185 e. The third-order valence-electron chi connectivity index (χ3n) is 3.01. The van der Waals surface area contributed by atoms with E-state index in [1.54, 1.807) is 18.2 Å². The van der Waals surface area contributed by atoms with Gasteiger partial charge in [0.15, 0.2) is 5.78 Å². The Labute approximate surface area is 125 Å². The van der Waals surface area contributed by atoms with Crippen molar-refractivity contribution in [2.45, 2.75) is 6.92 Å². The minimum absolute atomic E-state index is 0.00184. The van der Waals surface area contributed by atoms with E-state index in [1.807, 2.05) is 55.5 Å². The van der Waals surface area contributed by atoms with E-state index in [2.05, 4.69) is 6.58 Å². The number of carbonyl (C=O) groups is 1. The zero-order chi connectivity index (χ0) is 15.1. The second kappa shape index (κ2) is 7.25. The average Bonchev–Trinajstić information content (AvgIpc) is 2.52. The van der Waals surface area contributed by atoms with Crippen molar-refractivity contribution in [3.63, 3.8) is 0 Å². The Morgan fingerprint density at radius 2 is 1.76 bits per heavy atom. The predicted molar refractivity (Wildman–Crippen MR) is 86.7 cm³/mol. The lowest BCUT2D eigenvalue weighted by molar-refractivity contribution is 0.104. The molecule has 0 aromatic heterocycles. The molecule has 2 heteroatoms. The fourth-order valence-corrected chi connectivity index (χ4v) is 1.82. The second-order valence-electron chi connectivity index (χ2n) is 4.73. The van der Waals surface area contributed by atoms with Crippen LogP contribution in [-0.4, -0.2) is 12.4 Å². The number of hydrogen-bond donors (Lipinski definition) is 0. The Morgan fingerprint density at radius 1 is 1.10 bits per heavy atom. The highest BCUT2D eigenvalue weighted by Crippen LogP contribution is 2.14. The van der Waals surface area contributed by atoms with E-state index in [0.29, 0.717) is 12.2 Å². The summed E-state index contributed by atoms with van der Waals surface area (Å²) >= 11 is 0. The Kier molecular flexibility index (Phi) is 5.10. The monoisotopic (exact) mass is 278 g/mol. The molecule has 2 aromatic rings. The van der Waals surface area contributed by atoms with E-state index >= 15 is 0 Å². The van der Waals surface area contributed by atoms with E-state index in [0.717, 1.165) is 16.9 Å². The van der Waals surface area contributed by atoms with Crippen LogP contribution in [0.15, 0.2) is 67.3 Å². The molecule has 0 N–H and O–H groups in total. The van der Waals surface area contributed by atoms with Crippen molar-refractivity contribution >= 4 is 11.9 Å². The van der Waals surface area contributed by atoms with Crippen LogP contribution >= 0.6 is 0 Å². The van der Waals surface area contributed by atoms with Gasteiger partial charge in [-0.1, -0.05) is 60.7 Å². The van der Waals surface area contributed by atoms with E-state index in [4.69, 9.17) is 4.74 Å². The number of ether oxygens (including phenoxy) is 1. The topological polar surface area (TPSA) is 26.3 Å². The summed E-state index contributed by atoms with van der Waals surface area (Å²) in [5.74, 6) is 0.791. The normalized spacial score (nSPS) is 10.5. The Morgan fingerprint density at radius 3 is 2.38 bits per heavy atom. The van der Waals surface area contributed by atoms with Gasteiger partial charge in [-0.2, -0.15) is 0 Å². The van der Waals surface area contributed by atoms with Crippen molar-refractivity contribution in [3.8, 4) is 5.75 Å². The van der Waals surface area contributed by atoms with Crippen LogP contribution < -0.4 is 4.74 Å². The lowest BCUT2D eigenvalue weighted by Gasteiger charge is -2.02. The molecule has 0 radical (unpaired) electrons. The largest absolute Gasteiger partial charge is 0.490 e. The van der Waals surface area contributed by atoms with Gasteiger partial charge in [-0.15, -0.1) is 0 Å². The van der Waals surface area contributed by atoms with Crippen LogP contribution in [0, 0.1) is 6.92 Å². The highest BCUT2D eigenvalue weighted by molar-refractivity contribution is 6.06. The van der Waals surface area contributed by atoms with Gasteiger partial charge in [0.1, 0.15) is 12.4 Å². The highest BCUT2D eigenvalue weighted by atomic mass is 16.5. The molecule has 106 valence electrons. The molecular weight excluding hydrogens is 260 g/mol. The van der Waals surface area contributed by atoms with Crippen LogP contribution in [0.1, 0.15) is 21.5 Å². The minimum Gasteiger partial charge on any atom is -0.490 e. The maximum atomic E-state index is 12.0. The lowest BCUT2D eigenvalue weighted by atomic mass is 10.1. The number of carbonyl (C=O) groups excluding carboxylic acids is 1. The van der Waals surface area contributed by atoms with E-state index in [-0.39, 0.29) is 5.78 Å². The van der Waals surface area contributed by atoms with Gasteiger partial charge in [0.2, 0.25) is 0 Å². The van der Waals surface area contributed by atoms with Crippen LogP contribution in [-0.2, 0) is 0 Å². The van der Waals surface area contributed by atoms with Gasteiger partial charge >= 0.3 is 0 Å². The zero-order valence-corrected chi connectivity index (χ0v) is 12.1. The summed E-state index contributed by atoms with van der Waals surface area (Å²) in [5.41, 5.74) is 2.80. The molecule has 21 heavy (non-hydrogen) atoms. The summed E-state index contributed by atoms with van der Waals surface area (Å²) < 4.78 is 5.41. The first-order valence-electron chi connectivity index (χ1n) is 6.82. The molecule has 0 aliphatic rings. The van der Waals surface area contributed by atoms with Crippen LogP contribution in [0.4, 0.5) is 0 Å². The van der Waals surface area contributed by atoms with E-state index in [9.17, 15) is 4.79 Å². The van der Waals surface area contributed by atoms with Crippen molar-refractivity contribution in [2.24, 2.45) is 0 Å². The number of allylic oxidation sites excluding steroid dienone is 1. The summed E-state index contributed by atoms with van der Waals surface area (Å²) in [4.78, 5) is 12.0. The molecule has 0 heterocycles. The molecule has 2 aromatic carbocycles. The summed E-state index contributed by atoms with van der Waals surface area (Å²) in [6.45, 7) is 6.09. The molecule has 0 amide bonds. The summed E-state index contributed by atoms with van der Waals surface area (Å²) in [5, 5.41) is 0. The summed E-state index contributed by atoms with van der Waals surface area (Å²) in [6.07, 6.45) is 5.10. The first-order valence-corrected chi connectivity index (χ1v) is 6.82. The number of benzene rings is 2. The van der Waals surface area contributed by atoms with Gasteiger partial charge in [0.25, 0.3) is 0 Å². The molecule has 0 aliphatic heterocycles. The fraction of sp³-hybridized carbons (Fsp3) is 0.105. The molecular formula is C19H18O2. The average molecular weight is 278 g/mol. The fourth-order valence-electron chi connectivity index (χ4n) is 1.82. The third-order valence-corrected chi connectivity index (χ3v) is 3.01. The van der Waals surface area contributed by atoms with Gasteiger partial charge in [-0.05, 0) is 30.7 Å². The predicted octanol–water partition coefficient (Wildman–Crippen LogP) is 4.46. The number of ketones is 1. The van der Waals surface area contributed by atoms with Gasteiger partial charge in [0, 0.05) is 5.56 Å². The number of aryl methyl sites for hydroxylation is 1. The molecule has 0 atom stereocenters. The van der Waals surface area contributed by atoms with Crippen LogP contribution in [0.3, 0.4) is 0 Å². The van der Waals surface area contributed by atoms with Crippen LogP contribution in [0.5, 0.6) is 5.75 Å². The van der Waals surface area contributed by atoms with Crippen molar-refractivity contribution < 1.29 is 9.53 Å². The maximum absolute atomic E-state index is 12.0. The first-order chi connectivity index (χ1) is 10.2. The van der Waals surface area contributed by atoms with Gasteiger partial charge in [0.05, 0.1) is 0 Å². The molecule has 2 rings (SSSR count). The zero-order valence-electron chi connectivity index (χ0n) is 12.1. The second-order valence-corrected chi connectivity index (χ2v) is 4.73. The van der Waals surface area contributed by atoms with Crippen LogP contribution in [0.2, 0.25) is 0 Å². The summed E-state index contributed by atoms with van der Waals surface area (Å²) in [7, 11) is 0. The molecule has 0 saturated carbocycles. The summed E-state index contributed by atoms with van der Waals surface area (Å²) in [6, 6.07) is 15.1. The lowest BCUT2D eigenvalue weighted by Crippen LogP contribution is -1.94. The smallest absolute Gasteiger partial charge is 0.185 e. The number of rotatable bonds is 6. The van der Waals surface area contributed by atoms with Crippen molar-refractivity contribution in [3.05, 3.63) is 84.0 Å². The highest BCUT2D eigenvalue weighted by Gasteiger charge is 2.00. The molecule has 0 aliphatic carbocycles. The van der Waals surface area contributed by atoms with E-state index in [1.165, 1.54) is 0 Å². The molecule has 0 unspecified atom stereocenters. The van der Waals surface area contributed by atoms with Crippen molar-refractivity contribution in [1.29, 1.82) is 0 Å². The molecule has 0 bridgehead atoms. The first kappa shape index (κ1) is 14.8. The molecule has 2 nitrogen and oxygen atoms in total. The van der Waals surface area contributed by atoms with Crippen molar-refractivity contribution in [1.82, 2.24) is 0 Å². The Hall–Kier alpha value is -2.61. The third kappa shape index (κ3) is 4.46. The Balaban J connectivity index is 2.01. The Bertz CT molecular complexity index is 634. The SMILES string of the molecule is C=CCOc1ccc(C=CC(=O)c2ccc(C)cc2)cc1. The number of hydrogen-bond acceptors (Lipinski definition) is 2. The molecule has 0 spiro atoms. The van der Waals surface area contributed by atoms with Gasteiger partial charge in [-0.25, -0.2) is 0 Å². The molecule has 0 fully saturated rings. The van der Waals surface area contributed by atoms with Crippen LogP contribution in [0.25, 0.3) is 6.08 Å². The van der Waals surface area contributed by atoms with Crippen molar-refractivity contribution in [2.75, 3.05) is 6.61 Å².